The van der Waals surface area contributed by atoms with Crippen LogP contribution in [-0.4, -0.2) is 21.6 Å². The van der Waals surface area contributed by atoms with Gasteiger partial charge in [-0.05, 0) is 49.9 Å². The van der Waals surface area contributed by atoms with Crippen molar-refractivity contribution in [2.24, 2.45) is 7.05 Å². The van der Waals surface area contributed by atoms with Crippen molar-refractivity contribution in [1.29, 1.82) is 0 Å². The van der Waals surface area contributed by atoms with Gasteiger partial charge < -0.3 is 10.6 Å². The molecule has 144 valence electrons. The van der Waals surface area contributed by atoms with E-state index in [1.807, 2.05) is 64.1 Å². The Hall–Kier alpha value is -3.41. The van der Waals surface area contributed by atoms with Crippen LogP contribution in [0.5, 0.6) is 0 Å². The van der Waals surface area contributed by atoms with Gasteiger partial charge in [0.15, 0.2) is 0 Å². The lowest BCUT2D eigenvalue weighted by molar-refractivity contribution is 0.0985. The predicted molar refractivity (Wildman–Crippen MR) is 111 cm³/mol. The summed E-state index contributed by atoms with van der Waals surface area (Å²) in [5.74, 6) is -0.735. The lowest BCUT2D eigenvalue weighted by Gasteiger charge is -2.14. The third-order valence-corrected chi connectivity index (χ3v) is 4.84. The molecule has 0 unspecified atom stereocenters. The van der Waals surface area contributed by atoms with Gasteiger partial charge in [-0.25, -0.2) is 0 Å². The lowest BCUT2D eigenvalue weighted by atomic mass is 10.1. The Morgan fingerprint density at radius 3 is 1.68 bits per heavy atom. The molecular formula is C22H24N4O2. The molecular weight excluding hydrogens is 352 g/mol. The van der Waals surface area contributed by atoms with Gasteiger partial charge in [0.2, 0.25) is 0 Å². The number of aryl methyl sites for hydroxylation is 5. The zero-order chi connectivity index (χ0) is 20.4. The quantitative estimate of drug-likeness (QED) is 0.718. The molecule has 0 fully saturated rings. The molecule has 6 nitrogen and oxygen atoms in total. The normalized spacial score (nSPS) is 10.6. The largest absolute Gasteiger partial charge is 0.321 e. The number of hydrogen-bond donors (Lipinski definition) is 2. The molecule has 0 aliphatic rings. The summed E-state index contributed by atoms with van der Waals surface area (Å²) in [6.07, 6.45) is 1.42. The molecule has 0 aliphatic carbocycles. The number of aromatic nitrogens is 2. The number of hydrogen-bond acceptors (Lipinski definition) is 3. The molecule has 0 bridgehead atoms. The molecule has 1 heterocycles. The first-order valence-electron chi connectivity index (χ1n) is 9.06. The highest BCUT2D eigenvalue weighted by atomic mass is 16.2. The molecule has 2 amide bonds. The summed E-state index contributed by atoms with van der Waals surface area (Å²) in [5, 5.41) is 9.97. The molecule has 0 spiro atoms. The van der Waals surface area contributed by atoms with Crippen LogP contribution in [0.3, 0.4) is 0 Å². The highest BCUT2D eigenvalue weighted by Gasteiger charge is 2.23. The fourth-order valence-corrected chi connectivity index (χ4v) is 3.25. The zero-order valence-corrected chi connectivity index (χ0v) is 16.8. The van der Waals surface area contributed by atoms with E-state index in [-0.39, 0.29) is 23.1 Å². The maximum Gasteiger partial charge on any atom is 0.274 e. The molecule has 0 saturated carbocycles. The van der Waals surface area contributed by atoms with Gasteiger partial charge in [0.05, 0.1) is 11.8 Å². The Labute approximate surface area is 164 Å². The van der Waals surface area contributed by atoms with Gasteiger partial charge in [0.25, 0.3) is 11.8 Å². The summed E-state index contributed by atoms with van der Waals surface area (Å²) in [5.41, 5.74) is 5.76. The average molecular weight is 376 g/mol. The number of anilines is 2. The molecule has 3 rings (SSSR count). The number of nitrogens with zero attached hydrogens (tertiary/aromatic N) is 2. The summed E-state index contributed by atoms with van der Waals surface area (Å²) in [6.45, 7) is 7.72. The summed E-state index contributed by atoms with van der Waals surface area (Å²) in [7, 11) is 1.65. The first-order valence-corrected chi connectivity index (χ1v) is 9.06. The minimum absolute atomic E-state index is 0.214. The Bertz CT molecular complexity index is 1030. The SMILES string of the molecule is Cc1cccc(C)c1NC(=O)c1cnn(C)c1C(=O)Nc1c(C)cccc1C. The van der Waals surface area contributed by atoms with E-state index in [4.69, 9.17) is 0 Å². The van der Waals surface area contributed by atoms with Crippen LogP contribution in [0, 0.1) is 27.7 Å². The molecule has 0 atom stereocenters. The van der Waals surface area contributed by atoms with Crippen LogP contribution in [0.25, 0.3) is 0 Å². The third kappa shape index (κ3) is 3.67. The Balaban J connectivity index is 1.91. The van der Waals surface area contributed by atoms with Crippen LogP contribution in [0.4, 0.5) is 11.4 Å². The summed E-state index contributed by atoms with van der Waals surface area (Å²) in [4.78, 5) is 25.9. The van der Waals surface area contributed by atoms with Crippen LogP contribution < -0.4 is 10.6 Å². The number of carbonyl (C=O) groups is 2. The van der Waals surface area contributed by atoms with E-state index in [1.54, 1.807) is 7.05 Å². The predicted octanol–water partition coefficient (Wildman–Crippen LogP) is 4.16. The molecule has 2 N–H and O–H groups in total. The number of rotatable bonds is 4. The van der Waals surface area contributed by atoms with Crippen LogP contribution in [0.1, 0.15) is 43.1 Å². The van der Waals surface area contributed by atoms with E-state index in [0.29, 0.717) is 0 Å². The van der Waals surface area contributed by atoms with Gasteiger partial charge in [-0.15, -0.1) is 0 Å². The summed E-state index contributed by atoms with van der Waals surface area (Å²) < 4.78 is 1.42. The van der Waals surface area contributed by atoms with Crippen molar-refractivity contribution in [1.82, 2.24) is 9.78 Å². The van der Waals surface area contributed by atoms with Gasteiger partial charge in [0.1, 0.15) is 5.69 Å². The second-order valence-electron chi connectivity index (χ2n) is 6.97. The van der Waals surface area contributed by atoms with Crippen molar-refractivity contribution in [2.45, 2.75) is 27.7 Å². The van der Waals surface area contributed by atoms with Crippen LogP contribution in [-0.2, 0) is 7.05 Å². The van der Waals surface area contributed by atoms with Gasteiger partial charge in [-0.2, -0.15) is 5.10 Å². The number of benzene rings is 2. The molecule has 6 heteroatoms. The van der Waals surface area contributed by atoms with E-state index in [0.717, 1.165) is 33.6 Å². The molecule has 0 saturated heterocycles. The standard InChI is InChI=1S/C22H24N4O2/c1-13-8-6-9-14(2)18(13)24-21(27)17-12-23-26(5)20(17)22(28)25-19-15(3)10-7-11-16(19)4/h6-12H,1-5H3,(H,24,27)(H,25,28). The second kappa shape index (κ2) is 7.68. The van der Waals surface area contributed by atoms with E-state index < -0.39 is 0 Å². The first-order chi connectivity index (χ1) is 13.3. The Kier molecular flexibility index (Phi) is 5.31. The molecule has 0 radical (unpaired) electrons. The van der Waals surface area contributed by atoms with Gasteiger partial charge in [-0.3, -0.25) is 14.3 Å². The van der Waals surface area contributed by atoms with Crippen LogP contribution in [0.15, 0.2) is 42.6 Å². The molecule has 0 aliphatic heterocycles. The molecule has 28 heavy (non-hydrogen) atoms. The number of nitrogens with one attached hydrogen (secondary N) is 2. The first kappa shape index (κ1) is 19.4. The third-order valence-electron chi connectivity index (χ3n) is 4.84. The minimum Gasteiger partial charge on any atom is -0.321 e. The Morgan fingerprint density at radius 1 is 0.786 bits per heavy atom. The lowest BCUT2D eigenvalue weighted by Crippen LogP contribution is -2.23. The second-order valence-corrected chi connectivity index (χ2v) is 6.97. The number of carbonyl (C=O) groups excluding carboxylic acids is 2. The minimum atomic E-state index is -0.371. The highest BCUT2D eigenvalue weighted by Crippen LogP contribution is 2.23. The Morgan fingerprint density at radius 2 is 1.21 bits per heavy atom. The van der Waals surface area contributed by atoms with Gasteiger partial charge >= 0.3 is 0 Å². The smallest absolute Gasteiger partial charge is 0.274 e. The van der Waals surface area contributed by atoms with E-state index in [9.17, 15) is 9.59 Å². The fourth-order valence-electron chi connectivity index (χ4n) is 3.25. The van der Waals surface area contributed by atoms with Gasteiger partial charge in [0, 0.05) is 18.4 Å². The van der Waals surface area contributed by atoms with Crippen molar-refractivity contribution in [3.05, 3.63) is 76.1 Å². The van der Waals surface area contributed by atoms with Crippen molar-refractivity contribution < 1.29 is 9.59 Å². The highest BCUT2D eigenvalue weighted by molar-refractivity contribution is 6.15. The summed E-state index contributed by atoms with van der Waals surface area (Å²) in [6, 6.07) is 11.6. The summed E-state index contributed by atoms with van der Waals surface area (Å²) >= 11 is 0. The van der Waals surface area contributed by atoms with Crippen molar-refractivity contribution in [3.8, 4) is 0 Å². The topological polar surface area (TPSA) is 76.0 Å². The van der Waals surface area contributed by atoms with E-state index in [2.05, 4.69) is 15.7 Å². The monoisotopic (exact) mass is 376 g/mol. The number of amides is 2. The van der Waals surface area contributed by atoms with Crippen LogP contribution in [0.2, 0.25) is 0 Å². The average Bonchev–Trinajstić information content (AvgIpc) is 3.03. The van der Waals surface area contributed by atoms with Crippen LogP contribution >= 0.6 is 0 Å². The molecule has 1 aromatic heterocycles. The fraction of sp³-hybridized carbons (Fsp3) is 0.227. The molecule has 2 aromatic carbocycles. The maximum absolute atomic E-state index is 13.0. The molecule has 3 aromatic rings. The zero-order valence-electron chi connectivity index (χ0n) is 16.8. The number of para-hydroxylation sites is 2. The van der Waals surface area contributed by atoms with Crippen molar-refractivity contribution in [3.63, 3.8) is 0 Å². The van der Waals surface area contributed by atoms with E-state index >= 15 is 0 Å². The van der Waals surface area contributed by atoms with Crippen molar-refractivity contribution in [2.75, 3.05) is 10.6 Å². The van der Waals surface area contributed by atoms with Crippen molar-refractivity contribution >= 4 is 23.2 Å². The van der Waals surface area contributed by atoms with Gasteiger partial charge in [-0.1, -0.05) is 36.4 Å². The van der Waals surface area contributed by atoms with E-state index in [1.165, 1.54) is 10.9 Å². The maximum atomic E-state index is 13.0.